The summed E-state index contributed by atoms with van der Waals surface area (Å²) in [5, 5.41) is 0. The van der Waals surface area contributed by atoms with Gasteiger partial charge in [-0.3, -0.25) is 9.69 Å². The Hall–Kier alpha value is -0.570. The van der Waals surface area contributed by atoms with Crippen molar-refractivity contribution in [1.82, 2.24) is 4.90 Å². The molecule has 0 radical (unpaired) electrons. The first-order valence-corrected chi connectivity index (χ1v) is 4.74. The Morgan fingerprint density at radius 3 is 2.42 bits per heavy atom. The number of nitrogens with two attached hydrogens (primary N) is 1. The number of piperidine rings is 1. The molecule has 2 bridgehead atoms. The summed E-state index contributed by atoms with van der Waals surface area (Å²) in [7, 11) is 0. The van der Waals surface area contributed by atoms with Crippen LogP contribution in [0.15, 0.2) is 0 Å². The molecule has 0 aromatic carbocycles. The van der Waals surface area contributed by atoms with E-state index in [-0.39, 0.29) is 5.91 Å². The van der Waals surface area contributed by atoms with Crippen molar-refractivity contribution >= 4 is 5.91 Å². The molecule has 12 heavy (non-hydrogen) atoms. The zero-order valence-electron chi connectivity index (χ0n) is 7.33. The molecule has 2 fully saturated rings. The first kappa shape index (κ1) is 8.05. The summed E-state index contributed by atoms with van der Waals surface area (Å²) in [6.45, 7) is 2.66. The lowest BCUT2D eigenvalue weighted by Gasteiger charge is -2.30. The van der Waals surface area contributed by atoms with Crippen molar-refractivity contribution in [2.75, 3.05) is 19.6 Å². The molecule has 0 aromatic heterocycles. The number of nitrogens with zero attached hydrogens (tertiary/aromatic N) is 1. The normalized spacial score (nSPS) is 35.3. The molecule has 0 aromatic rings. The van der Waals surface area contributed by atoms with E-state index in [2.05, 4.69) is 4.90 Å². The maximum Gasteiger partial charge on any atom is 0.231 e. The number of hydrogen-bond donors (Lipinski definition) is 1. The van der Waals surface area contributed by atoms with Gasteiger partial charge in [0, 0.05) is 13.1 Å². The first-order valence-electron chi connectivity index (χ1n) is 4.74. The third-order valence-electron chi connectivity index (χ3n) is 3.06. The minimum absolute atomic E-state index is 0.184. The Kier molecular flexibility index (Phi) is 2.05. The van der Waals surface area contributed by atoms with E-state index in [1.807, 2.05) is 0 Å². The number of rotatable bonds is 2. The third-order valence-corrected chi connectivity index (χ3v) is 3.06. The molecule has 1 aliphatic heterocycles. The van der Waals surface area contributed by atoms with Gasteiger partial charge in [0.15, 0.2) is 0 Å². The molecule has 68 valence electrons. The van der Waals surface area contributed by atoms with Crippen LogP contribution in [0.2, 0.25) is 0 Å². The lowest BCUT2D eigenvalue weighted by molar-refractivity contribution is -0.119. The number of carbonyl (C=O) groups is 1. The van der Waals surface area contributed by atoms with Crippen LogP contribution in [0.5, 0.6) is 0 Å². The largest absolute Gasteiger partial charge is 0.369 e. The number of hydrogen-bond acceptors (Lipinski definition) is 2. The molecular formula is C9H16N2O. The molecule has 2 unspecified atom stereocenters. The number of fused-ring (bicyclic) bond motifs is 2. The van der Waals surface area contributed by atoms with Crippen molar-refractivity contribution in [3.63, 3.8) is 0 Å². The summed E-state index contributed by atoms with van der Waals surface area (Å²) in [4.78, 5) is 12.9. The molecular weight excluding hydrogens is 152 g/mol. The van der Waals surface area contributed by atoms with Crippen molar-refractivity contribution in [1.29, 1.82) is 0 Å². The smallest absolute Gasteiger partial charge is 0.231 e. The monoisotopic (exact) mass is 168 g/mol. The quantitative estimate of drug-likeness (QED) is 0.640. The molecule has 1 aliphatic carbocycles. The number of amides is 1. The van der Waals surface area contributed by atoms with Gasteiger partial charge in [0.2, 0.25) is 5.91 Å². The summed E-state index contributed by atoms with van der Waals surface area (Å²) < 4.78 is 0. The molecule has 2 atom stereocenters. The minimum atomic E-state index is -0.184. The van der Waals surface area contributed by atoms with E-state index in [1.165, 1.54) is 19.3 Å². The van der Waals surface area contributed by atoms with Crippen LogP contribution >= 0.6 is 0 Å². The zero-order valence-corrected chi connectivity index (χ0v) is 7.33. The predicted molar refractivity (Wildman–Crippen MR) is 46.5 cm³/mol. The summed E-state index contributed by atoms with van der Waals surface area (Å²) in [6, 6.07) is 0. The van der Waals surface area contributed by atoms with E-state index in [9.17, 15) is 4.79 Å². The molecule has 1 saturated heterocycles. The number of likely N-dealkylation sites (tertiary alicyclic amines) is 1. The van der Waals surface area contributed by atoms with E-state index in [4.69, 9.17) is 5.73 Å². The van der Waals surface area contributed by atoms with E-state index in [0.717, 1.165) is 24.9 Å². The molecule has 2 N–H and O–H groups in total. The number of primary amides is 1. The lowest BCUT2D eigenvalue weighted by atomic mass is 9.99. The predicted octanol–water partition coefficient (Wildman–Crippen LogP) is 0.204. The van der Waals surface area contributed by atoms with Gasteiger partial charge in [-0.25, -0.2) is 0 Å². The van der Waals surface area contributed by atoms with Gasteiger partial charge in [0.1, 0.15) is 0 Å². The zero-order chi connectivity index (χ0) is 8.55. The van der Waals surface area contributed by atoms with E-state index >= 15 is 0 Å². The van der Waals surface area contributed by atoms with Gasteiger partial charge >= 0.3 is 0 Å². The maximum atomic E-state index is 10.7. The first-order chi connectivity index (χ1) is 5.74. The van der Waals surface area contributed by atoms with E-state index in [0.29, 0.717) is 6.54 Å². The standard InChI is InChI=1S/C9H16N2O/c10-9(12)6-11-4-7-1-2-8(3-7)5-11/h7-8H,1-6H2,(H2,10,12). The molecule has 1 saturated carbocycles. The topological polar surface area (TPSA) is 46.3 Å². The van der Waals surface area contributed by atoms with Crippen molar-refractivity contribution in [2.45, 2.75) is 19.3 Å². The van der Waals surface area contributed by atoms with Crippen LogP contribution in [0.25, 0.3) is 0 Å². The minimum Gasteiger partial charge on any atom is -0.369 e. The van der Waals surface area contributed by atoms with Crippen LogP contribution in [0, 0.1) is 11.8 Å². The Bertz CT molecular complexity index is 181. The fourth-order valence-electron chi connectivity index (χ4n) is 2.66. The Balaban J connectivity index is 1.89. The maximum absolute atomic E-state index is 10.7. The summed E-state index contributed by atoms with van der Waals surface area (Å²) in [5.41, 5.74) is 5.15. The van der Waals surface area contributed by atoms with Gasteiger partial charge in [-0.1, -0.05) is 0 Å². The number of carbonyl (C=O) groups excluding carboxylic acids is 1. The van der Waals surface area contributed by atoms with Crippen LogP contribution in [0.1, 0.15) is 19.3 Å². The Labute approximate surface area is 72.9 Å². The summed E-state index contributed by atoms with van der Waals surface area (Å²) in [6.07, 6.45) is 4.11. The van der Waals surface area contributed by atoms with E-state index in [1.54, 1.807) is 0 Å². The van der Waals surface area contributed by atoms with Crippen molar-refractivity contribution in [3.8, 4) is 0 Å². The molecule has 3 heteroatoms. The highest BCUT2D eigenvalue weighted by Gasteiger charge is 2.32. The highest BCUT2D eigenvalue weighted by atomic mass is 16.1. The van der Waals surface area contributed by atoms with Crippen LogP contribution in [-0.4, -0.2) is 30.4 Å². The van der Waals surface area contributed by atoms with Gasteiger partial charge < -0.3 is 5.73 Å². The van der Waals surface area contributed by atoms with E-state index < -0.39 is 0 Å². The molecule has 3 nitrogen and oxygen atoms in total. The Morgan fingerprint density at radius 1 is 1.33 bits per heavy atom. The second-order valence-electron chi connectivity index (χ2n) is 4.21. The molecule has 1 heterocycles. The fraction of sp³-hybridized carbons (Fsp3) is 0.889. The molecule has 0 spiro atoms. The van der Waals surface area contributed by atoms with Gasteiger partial charge in [0.25, 0.3) is 0 Å². The van der Waals surface area contributed by atoms with Crippen LogP contribution < -0.4 is 5.73 Å². The summed E-state index contributed by atoms with van der Waals surface area (Å²) >= 11 is 0. The molecule has 2 aliphatic rings. The van der Waals surface area contributed by atoms with Gasteiger partial charge in [-0.05, 0) is 31.1 Å². The lowest BCUT2D eigenvalue weighted by Crippen LogP contribution is -2.41. The van der Waals surface area contributed by atoms with Crippen molar-refractivity contribution < 1.29 is 4.79 Å². The highest BCUT2D eigenvalue weighted by molar-refractivity contribution is 5.75. The fourth-order valence-corrected chi connectivity index (χ4v) is 2.66. The van der Waals surface area contributed by atoms with Crippen molar-refractivity contribution in [2.24, 2.45) is 17.6 Å². The van der Waals surface area contributed by atoms with Crippen LogP contribution in [0.3, 0.4) is 0 Å². The second kappa shape index (κ2) is 3.05. The average molecular weight is 168 g/mol. The second-order valence-corrected chi connectivity index (χ2v) is 4.21. The van der Waals surface area contributed by atoms with Gasteiger partial charge in [0.05, 0.1) is 6.54 Å². The third kappa shape index (κ3) is 1.61. The van der Waals surface area contributed by atoms with Crippen LogP contribution in [0.4, 0.5) is 0 Å². The van der Waals surface area contributed by atoms with Gasteiger partial charge in [-0.15, -0.1) is 0 Å². The summed E-state index contributed by atoms with van der Waals surface area (Å²) in [5.74, 6) is 1.52. The highest BCUT2D eigenvalue weighted by Crippen LogP contribution is 2.35. The Morgan fingerprint density at radius 2 is 1.92 bits per heavy atom. The van der Waals surface area contributed by atoms with Crippen molar-refractivity contribution in [3.05, 3.63) is 0 Å². The molecule has 1 amide bonds. The average Bonchev–Trinajstić information content (AvgIpc) is 2.29. The SMILES string of the molecule is NC(=O)CN1CC2CCC(C2)C1. The molecule has 2 rings (SSSR count). The van der Waals surface area contributed by atoms with Crippen LogP contribution in [-0.2, 0) is 4.79 Å². The van der Waals surface area contributed by atoms with Gasteiger partial charge in [-0.2, -0.15) is 0 Å².